The smallest absolute Gasteiger partial charge is 0.281 e. The lowest BCUT2D eigenvalue weighted by Gasteiger charge is -2.38. The van der Waals surface area contributed by atoms with Crippen LogP contribution in [0.3, 0.4) is 0 Å². The molecule has 3 aromatic heterocycles. The van der Waals surface area contributed by atoms with E-state index in [1.807, 2.05) is 42.5 Å². The van der Waals surface area contributed by atoms with Crippen LogP contribution in [0, 0.1) is 0 Å². The summed E-state index contributed by atoms with van der Waals surface area (Å²) in [5.74, 6) is 0.390. The number of fused-ring (bicyclic) bond motifs is 1. The number of nitrogens with zero attached hydrogens (tertiary/aromatic N) is 7. The van der Waals surface area contributed by atoms with Gasteiger partial charge >= 0.3 is 0 Å². The molecule has 1 amide bonds. The molecule has 1 aliphatic heterocycles. The Morgan fingerprint density at radius 2 is 1.84 bits per heavy atom. The van der Waals surface area contributed by atoms with Gasteiger partial charge in [0.25, 0.3) is 5.56 Å². The number of likely N-dealkylation sites (tertiary alicyclic amines) is 1. The molecule has 6 rings (SSSR count). The largest absolute Gasteiger partial charge is 0.388 e. The summed E-state index contributed by atoms with van der Waals surface area (Å²) in [6.45, 7) is 3.99. The van der Waals surface area contributed by atoms with Gasteiger partial charge in [-0.15, -0.1) is 0 Å². The minimum Gasteiger partial charge on any atom is -0.388 e. The van der Waals surface area contributed by atoms with Crippen molar-refractivity contribution in [2.45, 2.75) is 45.0 Å². The highest BCUT2D eigenvalue weighted by Crippen LogP contribution is 2.29. The lowest BCUT2D eigenvalue weighted by Crippen LogP contribution is -2.47. The summed E-state index contributed by atoms with van der Waals surface area (Å²) in [6, 6.07) is 13.4. The van der Waals surface area contributed by atoms with Crippen LogP contribution in [0.5, 0.6) is 0 Å². The van der Waals surface area contributed by atoms with Crippen LogP contribution >= 0.6 is 11.6 Å². The molecule has 222 valence electrons. The van der Waals surface area contributed by atoms with Gasteiger partial charge in [0.15, 0.2) is 5.52 Å². The zero-order chi connectivity index (χ0) is 30.1. The van der Waals surface area contributed by atoms with E-state index in [0.717, 1.165) is 27.9 Å². The molecule has 1 saturated heterocycles. The van der Waals surface area contributed by atoms with Crippen molar-refractivity contribution in [3.63, 3.8) is 0 Å². The van der Waals surface area contributed by atoms with Crippen LogP contribution in [0.25, 0.3) is 33.7 Å². The summed E-state index contributed by atoms with van der Waals surface area (Å²) in [6.07, 6.45) is 3.76. The minimum atomic E-state index is -1.05. The molecule has 0 bridgehead atoms. The van der Waals surface area contributed by atoms with Crippen LogP contribution in [0.15, 0.2) is 64.5 Å². The molecular weight excluding hydrogens is 572 g/mol. The van der Waals surface area contributed by atoms with Gasteiger partial charge in [-0.05, 0) is 30.0 Å². The number of aryl methyl sites for hydroxylation is 1. The number of nitrogens with one attached hydrogen (secondary N) is 1. The van der Waals surface area contributed by atoms with Crippen LogP contribution in [-0.4, -0.2) is 64.1 Å². The van der Waals surface area contributed by atoms with E-state index in [4.69, 9.17) is 16.1 Å². The van der Waals surface area contributed by atoms with E-state index in [1.165, 1.54) is 24.2 Å². The summed E-state index contributed by atoms with van der Waals surface area (Å²) in [7, 11) is 1.78. The number of carbonyl (C=O) groups excluding carboxylic acids is 1. The van der Waals surface area contributed by atoms with Crippen molar-refractivity contribution >= 4 is 28.5 Å². The average molecular weight is 603 g/mol. The molecule has 1 aliphatic rings. The minimum absolute atomic E-state index is 0.0912. The summed E-state index contributed by atoms with van der Waals surface area (Å²) >= 11 is 6.55. The maximum atomic E-state index is 13.5. The van der Waals surface area contributed by atoms with Crippen LogP contribution in [0.2, 0.25) is 5.02 Å². The maximum Gasteiger partial charge on any atom is 0.281 e. The molecule has 0 aliphatic carbocycles. The van der Waals surface area contributed by atoms with E-state index in [1.54, 1.807) is 11.7 Å². The summed E-state index contributed by atoms with van der Waals surface area (Å²) in [5.41, 5.74) is 3.70. The van der Waals surface area contributed by atoms with Gasteiger partial charge in [0.2, 0.25) is 18.1 Å². The number of carbonyl (C=O) groups is 1. The van der Waals surface area contributed by atoms with Gasteiger partial charge in [0.1, 0.15) is 5.52 Å². The van der Waals surface area contributed by atoms with Crippen molar-refractivity contribution in [2.24, 2.45) is 7.05 Å². The third kappa shape index (κ3) is 6.07. The zero-order valence-electron chi connectivity index (χ0n) is 23.8. The van der Waals surface area contributed by atoms with Gasteiger partial charge in [0, 0.05) is 56.3 Å². The molecule has 0 atom stereocenters. The lowest BCUT2D eigenvalue weighted by molar-refractivity contribution is -0.119. The van der Waals surface area contributed by atoms with Crippen LogP contribution < -0.4 is 10.9 Å². The van der Waals surface area contributed by atoms with Crippen molar-refractivity contribution in [1.29, 1.82) is 0 Å². The van der Waals surface area contributed by atoms with Crippen LogP contribution in [-0.2, 0) is 31.5 Å². The second-order valence-electron chi connectivity index (χ2n) is 11.0. The molecule has 43 heavy (non-hydrogen) atoms. The van der Waals surface area contributed by atoms with Crippen molar-refractivity contribution in [1.82, 2.24) is 39.7 Å². The van der Waals surface area contributed by atoms with E-state index in [0.29, 0.717) is 55.4 Å². The standard InChI is InChI=1S/C30H31ClN8O4/c1-19(40)32-14-20-3-5-21(6-4-20)27-25-26(35-37(27)2)29(41)39(17-33-25)16-30(42)9-11-38(12-10-30)15-23-8-7-22(13-24(23)31)28-34-18-43-36-28/h3-8,13,17-18,42H,9-12,14-16H2,1-2H3,(H,32,40). The highest BCUT2D eigenvalue weighted by molar-refractivity contribution is 6.31. The Morgan fingerprint density at radius 3 is 2.51 bits per heavy atom. The molecule has 4 heterocycles. The maximum absolute atomic E-state index is 13.5. The number of aliphatic hydroxyl groups is 1. The van der Waals surface area contributed by atoms with Crippen LogP contribution in [0.4, 0.5) is 0 Å². The molecule has 5 aromatic rings. The van der Waals surface area contributed by atoms with Crippen molar-refractivity contribution in [3.05, 3.63) is 81.7 Å². The van der Waals surface area contributed by atoms with Gasteiger partial charge in [-0.2, -0.15) is 10.1 Å². The Hall–Kier alpha value is -4.39. The predicted molar refractivity (Wildman–Crippen MR) is 160 cm³/mol. The van der Waals surface area contributed by atoms with E-state index in [-0.39, 0.29) is 23.5 Å². The molecule has 0 spiro atoms. The first kappa shape index (κ1) is 28.7. The molecule has 2 N–H and O–H groups in total. The summed E-state index contributed by atoms with van der Waals surface area (Å²) < 4.78 is 7.93. The predicted octanol–water partition coefficient (Wildman–Crippen LogP) is 3.16. The second-order valence-corrected chi connectivity index (χ2v) is 11.4. The Labute approximate surface area is 251 Å². The SMILES string of the molecule is CC(=O)NCc1ccc(-c2c3ncn(CC4(O)CCN(Cc5ccc(-c6ncon6)cc5Cl)CC4)c(=O)c3nn2C)cc1. The first-order valence-corrected chi connectivity index (χ1v) is 14.3. The topological polar surface area (TPSA) is 144 Å². The normalized spacial score (nSPS) is 15.2. The third-order valence-electron chi connectivity index (χ3n) is 7.90. The summed E-state index contributed by atoms with van der Waals surface area (Å²) in [4.78, 5) is 35.6. The molecule has 1 fully saturated rings. The number of piperidine rings is 1. The first-order chi connectivity index (χ1) is 20.7. The average Bonchev–Trinajstić information content (AvgIpc) is 3.65. The van der Waals surface area contributed by atoms with Gasteiger partial charge in [0.05, 0.1) is 24.2 Å². The molecule has 2 aromatic carbocycles. The number of benzene rings is 2. The Bertz CT molecular complexity index is 1820. The van der Waals surface area contributed by atoms with Crippen molar-refractivity contribution in [3.8, 4) is 22.6 Å². The van der Waals surface area contributed by atoms with E-state index in [9.17, 15) is 14.7 Å². The number of amides is 1. The summed E-state index contributed by atoms with van der Waals surface area (Å²) in [5, 5.41) is 23.2. The van der Waals surface area contributed by atoms with Gasteiger partial charge in [-0.3, -0.25) is 23.7 Å². The lowest BCUT2D eigenvalue weighted by atomic mass is 9.91. The van der Waals surface area contributed by atoms with Gasteiger partial charge < -0.3 is 14.9 Å². The fourth-order valence-electron chi connectivity index (χ4n) is 5.49. The van der Waals surface area contributed by atoms with E-state index >= 15 is 0 Å². The number of aromatic nitrogens is 6. The van der Waals surface area contributed by atoms with Gasteiger partial charge in [-0.25, -0.2) is 4.98 Å². The molecule has 0 radical (unpaired) electrons. The molecular formula is C30H31ClN8O4. The number of hydrogen-bond donors (Lipinski definition) is 2. The molecule has 12 nitrogen and oxygen atoms in total. The molecule has 0 unspecified atom stereocenters. The fraction of sp³-hybridized carbons (Fsp3) is 0.333. The third-order valence-corrected chi connectivity index (χ3v) is 8.25. The number of hydrogen-bond acceptors (Lipinski definition) is 9. The van der Waals surface area contributed by atoms with Crippen LogP contribution in [0.1, 0.15) is 30.9 Å². The Balaban J connectivity index is 1.13. The van der Waals surface area contributed by atoms with E-state index < -0.39 is 5.60 Å². The molecule has 13 heteroatoms. The zero-order valence-corrected chi connectivity index (χ0v) is 24.6. The Morgan fingerprint density at radius 1 is 1.09 bits per heavy atom. The van der Waals surface area contributed by atoms with Crippen molar-refractivity contribution in [2.75, 3.05) is 13.1 Å². The van der Waals surface area contributed by atoms with Crippen molar-refractivity contribution < 1.29 is 14.4 Å². The van der Waals surface area contributed by atoms with E-state index in [2.05, 4.69) is 30.4 Å². The molecule has 0 saturated carbocycles. The number of rotatable bonds is 8. The number of halogens is 1. The highest BCUT2D eigenvalue weighted by atomic mass is 35.5. The first-order valence-electron chi connectivity index (χ1n) is 13.9. The highest BCUT2D eigenvalue weighted by Gasteiger charge is 2.33. The second kappa shape index (κ2) is 11.7. The Kier molecular flexibility index (Phi) is 7.82. The van der Waals surface area contributed by atoms with Gasteiger partial charge in [-0.1, -0.05) is 53.2 Å². The fourth-order valence-corrected chi connectivity index (χ4v) is 5.73. The quantitative estimate of drug-likeness (QED) is 0.274. The monoisotopic (exact) mass is 602 g/mol.